The lowest BCUT2D eigenvalue weighted by Gasteiger charge is -2.09. The smallest absolute Gasteiger partial charge is 0.129 e. The Bertz CT molecular complexity index is 531. The molecule has 0 aromatic heterocycles. The van der Waals surface area contributed by atoms with Crippen LogP contribution in [0.4, 0.5) is 10.1 Å². The van der Waals surface area contributed by atoms with Gasteiger partial charge in [-0.25, -0.2) is 4.39 Å². The van der Waals surface area contributed by atoms with E-state index in [4.69, 9.17) is 10.5 Å². The third-order valence-electron chi connectivity index (χ3n) is 2.66. The maximum atomic E-state index is 13.4. The number of anilines is 1. The fourth-order valence-corrected chi connectivity index (χ4v) is 1.69. The molecule has 0 fully saturated rings. The van der Waals surface area contributed by atoms with Crippen molar-refractivity contribution in [2.75, 3.05) is 18.4 Å². The van der Waals surface area contributed by atoms with Gasteiger partial charge in [-0.15, -0.1) is 0 Å². The molecule has 0 spiro atoms. The molecule has 0 bridgehead atoms. The quantitative estimate of drug-likeness (QED) is 0.839. The van der Waals surface area contributed by atoms with Crippen LogP contribution in [-0.2, 0) is 6.61 Å². The molecule has 0 saturated carbocycles. The minimum atomic E-state index is -0.250. The first-order valence-electron chi connectivity index (χ1n) is 6.20. The summed E-state index contributed by atoms with van der Waals surface area (Å²) >= 11 is 0. The second-order valence-electron chi connectivity index (χ2n) is 4.12. The molecular formula is C15H17FN2O. The van der Waals surface area contributed by atoms with E-state index in [1.54, 1.807) is 18.2 Å². The number of nitrogens with two attached hydrogens (primary N) is 1. The Morgan fingerprint density at radius 3 is 2.74 bits per heavy atom. The molecule has 4 heteroatoms. The number of nitrogens with one attached hydrogen (secondary N) is 1. The van der Waals surface area contributed by atoms with E-state index in [1.165, 1.54) is 6.07 Å². The van der Waals surface area contributed by atoms with Crippen LogP contribution in [0.5, 0.6) is 5.75 Å². The standard InChI is InChI=1S/C15H17FN2O/c16-15-7-2-1-4-12(15)11-19-14-6-3-5-13(10-14)18-9-8-17/h1-7,10,18H,8-9,11,17H2. The van der Waals surface area contributed by atoms with Gasteiger partial charge in [-0.2, -0.15) is 0 Å². The summed E-state index contributed by atoms with van der Waals surface area (Å²) in [5, 5.41) is 3.17. The van der Waals surface area contributed by atoms with Crippen LogP contribution in [0.3, 0.4) is 0 Å². The van der Waals surface area contributed by atoms with Crippen LogP contribution >= 0.6 is 0 Å². The predicted octanol–water partition coefficient (Wildman–Crippen LogP) is 2.78. The van der Waals surface area contributed by atoms with Gasteiger partial charge in [0, 0.05) is 30.4 Å². The van der Waals surface area contributed by atoms with Crippen LogP contribution < -0.4 is 15.8 Å². The molecule has 19 heavy (non-hydrogen) atoms. The van der Waals surface area contributed by atoms with Crippen LogP contribution in [-0.4, -0.2) is 13.1 Å². The van der Waals surface area contributed by atoms with E-state index in [9.17, 15) is 4.39 Å². The number of hydrogen-bond acceptors (Lipinski definition) is 3. The van der Waals surface area contributed by atoms with E-state index in [1.807, 2.05) is 24.3 Å². The molecule has 100 valence electrons. The molecule has 2 aromatic rings. The Labute approximate surface area is 112 Å². The first kappa shape index (κ1) is 13.4. The van der Waals surface area contributed by atoms with Crippen LogP contribution in [0.15, 0.2) is 48.5 Å². The van der Waals surface area contributed by atoms with Gasteiger partial charge in [-0.3, -0.25) is 0 Å². The van der Waals surface area contributed by atoms with Crippen molar-refractivity contribution in [1.82, 2.24) is 0 Å². The Balaban J connectivity index is 1.98. The average molecular weight is 260 g/mol. The van der Waals surface area contributed by atoms with Gasteiger partial charge in [-0.05, 0) is 18.2 Å². The Morgan fingerprint density at radius 2 is 1.95 bits per heavy atom. The highest BCUT2D eigenvalue weighted by Crippen LogP contribution is 2.19. The first-order chi connectivity index (χ1) is 9.29. The maximum absolute atomic E-state index is 13.4. The number of halogens is 1. The van der Waals surface area contributed by atoms with Crippen LogP contribution in [0, 0.1) is 5.82 Å². The zero-order chi connectivity index (χ0) is 13.5. The largest absolute Gasteiger partial charge is 0.489 e. The number of hydrogen-bond donors (Lipinski definition) is 2. The maximum Gasteiger partial charge on any atom is 0.129 e. The monoisotopic (exact) mass is 260 g/mol. The molecule has 0 aliphatic carbocycles. The Kier molecular flexibility index (Phi) is 4.75. The molecular weight excluding hydrogens is 243 g/mol. The molecule has 0 atom stereocenters. The van der Waals surface area contributed by atoms with E-state index in [0.29, 0.717) is 24.4 Å². The summed E-state index contributed by atoms with van der Waals surface area (Å²) in [6, 6.07) is 14.1. The van der Waals surface area contributed by atoms with Crippen molar-refractivity contribution in [2.24, 2.45) is 5.73 Å². The van der Waals surface area contributed by atoms with Crippen molar-refractivity contribution in [3.63, 3.8) is 0 Å². The van der Waals surface area contributed by atoms with Crippen molar-refractivity contribution < 1.29 is 9.13 Å². The lowest BCUT2D eigenvalue weighted by molar-refractivity contribution is 0.300. The van der Waals surface area contributed by atoms with Gasteiger partial charge in [0.05, 0.1) is 0 Å². The fraction of sp³-hybridized carbons (Fsp3) is 0.200. The normalized spacial score (nSPS) is 10.2. The Hall–Kier alpha value is -2.07. The molecule has 2 aromatic carbocycles. The molecule has 3 N–H and O–H groups in total. The first-order valence-corrected chi connectivity index (χ1v) is 6.20. The summed E-state index contributed by atoms with van der Waals surface area (Å²) in [6.07, 6.45) is 0. The van der Waals surface area contributed by atoms with Crippen molar-refractivity contribution in [3.8, 4) is 5.75 Å². The van der Waals surface area contributed by atoms with Crippen LogP contribution in [0.25, 0.3) is 0 Å². The highest BCUT2D eigenvalue weighted by atomic mass is 19.1. The second-order valence-corrected chi connectivity index (χ2v) is 4.12. The van der Waals surface area contributed by atoms with Gasteiger partial charge >= 0.3 is 0 Å². The van der Waals surface area contributed by atoms with Crippen LogP contribution in [0.2, 0.25) is 0 Å². The van der Waals surface area contributed by atoms with Crippen molar-refractivity contribution in [2.45, 2.75) is 6.61 Å². The molecule has 0 aliphatic rings. The van der Waals surface area contributed by atoms with Crippen molar-refractivity contribution in [1.29, 1.82) is 0 Å². The van der Waals surface area contributed by atoms with E-state index >= 15 is 0 Å². The van der Waals surface area contributed by atoms with E-state index in [2.05, 4.69) is 5.32 Å². The van der Waals surface area contributed by atoms with Gasteiger partial charge in [0.15, 0.2) is 0 Å². The SMILES string of the molecule is NCCNc1cccc(OCc2ccccc2F)c1. The van der Waals surface area contributed by atoms with E-state index in [-0.39, 0.29) is 12.4 Å². The molecule has 0 amide bonds. The topological polar surface area (TPSA) is 47.3 Å². The summed E-state index contributed by atoms with van der Waals surface area (Å²) in [6.45, 7) is 1.49. The minimum absolute atomic E-state index is 0.215. The summed E-state index contributed by atoms with van der Waals surface area (Å²) < 4.78 is 19.0. The zero-order valence-corrected chi connectivity index (χ0v) is 10.6. The highest BCUT2D eigenvalue weighted by Gasteiger charge is 2.02. The van der Waals surface area contributed by atoms with Gasteiger partial charge < -0.3 is 15.8 Å². The lowest BCUT2D eigenvalue weighted by Crippen LogP contribution is -2.13. The number of benzene rings is 2. The van der Waals surface area contributed by atoms with Gasteiger partial charge in [0.2, 0.25) is 0 Å². The minimum Gasteiger partial charge on any atom is -0.489 e. The third kappa shape index (κ3) is 3.96. The second kappa shape index (κ2) is 6.75. The molecule has 0 heterocycles. The molecule has 0 unspecified atom stereocenters. The number of rotatable bonds is 6. The van der Waals surface area contributed by atoms with Crippen molar-refractivity contribution >= 4 is 5.69 Å². The van der Waals surface area contributed by atoms with Gasteiger partial charge in [-0.1, -0.05) is 24.3 Å². The summed E-state index contributed by atoms with van der Waals surface area (Å²) in [7, 11) is 0. The molecule has 0 radical (unpaired) electrons. The van der Waals surface area contributed by atoms with Crippen LogP contribution in [0.1, 0.15) is 5.56 Å². The molecule has 0 saturated heterocycles. The Morgan fingerprint density at radius 1 is 1.11 bits per heavy atom. The number of ether oxygens (including phenoxy) is 1. The third-order valence-corrected chi connectivity index (χ3v) is 2.66. The highest BCUT2D eigenvalue weighted by molar-refractivity contribution is 5.48. The average Bonchev–Trinajstić information content (AvgIpc) is 2.45. The van der Waals surface area contributed by atoms with E-state index in [0.717, 1.165) is 5.69 Å². The molecule has 2 rings (SSSR count). The predicted molar refractivity (Wildman–Crippen MR) is 74.7 cm³/mol. The zero-order valence-electron chi connectivity index (χ0n) is 10.6. The molecule has 0 aliphatic heterocycles. The fourth-order valence-electron chi connectivity index (χ4n) is 1.69. The summed E-state index contributed by atoms with van der Waals surface area (Å²) in [5.41, 5.74) is 6.92. The van der Waals surface area contributed by atoms with Gasteiger partial charge in [0.1, 0.15) is 18.2 Å². The lowest BCUT2D eigenvalue weighted by atomic mass is 10.2. The summed E-state index contributed by atoms with van der Waals surface area (Å²) in [4.78, 5) is 0. The van der Waals surface area contributed by atoms with E-state index < -0.39 is 0 Å². The molecule has 3 nitrogen and oxygen atoms in total. The summed E-state index contributed by atoms with van der Waals surface area (Å²) in [5.74, 6) is 0.449. The van der Waals surface area contributed by atoms with Crippen molar-refractivity contribution in [3.05, 3.63) is 59.9 Å². The van der Waals surface area contributed by atoms with Gasteiger partial charge in [0.25, 0.3) is 0 Å².